The fraction of sp³-hybridized carbons (Fsp3) is 0.588. The van der Waals surface area contributed by atoms with Crippen molar-refractivity contribution < 1.29 is 27.4 Å². The summed E-state index contributed by atoms with van der Waals surface area (Å²) in [6.45, 7) is 7.41. The van der Waals surface area contributed by atoms with Gasteiger partial charge in [0, 0.05) is 23.5 Å². The molecule has 1 saturated heterocycles. The molecule has 0 aromatic heterocycles. The average molecular weight is 557 g/mol. The monoisotopic (exact) mass is 556 g/mol. The Kier molecular flexibility index (Phi) is 9.57. The van der Waals surface area contributed by atoms with Crippen LogP contribution in [0.25, 0.3) is 11.1 Å². The van der Waals surface area contributed by atoms with Crippen molar-refractivity contribution in [2.75, 3.05) is 13.2 Å². The summed E-state index contributed by atoms with van der Waals surface area (Å²) in [6.07, 6.45) is 7.09. The summed E-state index contributed by atoms with van der Waals surface area (Å²) >= 11 is 0. The zero-order valence-corrected chi connectivity index (χ0v) is 23.6. The smallest absolute Gasteiger partial charge is 0.400 e. The van der Waals surface area contributed by atoms with Crippen LogP contribution in [0.4, 0.5) is 13.2 Å². The van der Waals surface area contributed by atoms with Crippen molar-refractivity contribution in [3.8, 4) is 16.9 Å². The van der Waals surface area contributed by atoms with Gasteiger partial charge in [-0.2, -0.15) is 8.78 Å². The van der Waals surface area contributed by atoms with Crippen LogP contribution in [0.5, 0.6) is 5.75 Å². The van der Waals surface area contributed by atoms with E-state index < -0.39 is 17.8 Å². The van der Waals surface area contributed by atoms with Gasteiger partial charge in [-0.3, -0.25) is 0 Å². The maximum Gasteiger partial charge on any atom is 0.400 e. The van der Waals surface area contributed by atoms with Crippen molar-refractivity contribution in [3.05, 3.63) is 66.5 Å². The maximum absolute atomic E-state index is 15.2. The topological polar surface area (TPSA) is 27.7 Å². The van der Waals surface area contributed by atoms with Crippen LogP contribution in [0.2, 0.25) is 0 Å². The summed E-state index contributed by atoms with van der Waals surface area (Å²) in [4.78, 5) is 0. The highest BCUT2D eigenvalue weighted by molar-refractivity contribution is 5.65. The number of alkyl halides is 2. The lowest BCUT2D eigenvalue weighted by molar-refractivity contribution is -0.229. The van der Waals surface area contributed by atoms with Gasteiger partial charge in [0.1, 0.15) is 11.6 Å². The molecular formula is C34H43F3O3. The molecule has 0 radical (unpaired) electrons. The standard InChI is InChI=1S/C34H43F3O3/c1-3-4-5-24-6-8-27(9-7-24)31-19-18-30(20-32(31)35)40-34(36,37)29-16-14-26(15-17-29)25-10-12-28(13-11-25)33-38-21-23(2)22-39-33/h3,6-9,18-20,23,25-26,28-29,33H,1,4-5,10-17,21-22H2,2H3. The first-order chi connectivity index (χ1) is 19.3. The molecule has 0 N–H and O–H groups in total. The van der Waals surface area contributed by atoms with E-state index in [1.807, 2.05) is 30.3 Å². The quantitative estimate of drug-likeness (QED) is 0.288. The molecule has 2 aromatic rings. The predicted molar refractivity (Wildman–Crippen MR) is 152 cm³/mol. The molecule has 5 rings (SSSR count). The lowest BCUT2D eigenvalue weighted by Gasteiger charge is -2.41. The van der Waals surface area contributed by atoms with Crippen molar-refractivity contribution >= 4 is 0 Å². The Morgan fingerprint density at radius 1 is 0.875 bits per heavy atom. The van der Waals surface area contributed by atoms with Gasteiger partial charge in [-0.15, -0.1) is 6.58 Å². The van der Waals surface area contributed by atoms with Gasteiger partial charge >= 0.3 is 6.11 Å². The Morgan fingerprint density at radius 3 is 2.08 bits per heavy atom. The molecule has 2 aliphatic carbocycles. The molecule has 0 amide bonds. The molecule has 0 atom stereocenters. The van der Waals surface area contributed by atoms with E-state index in [1.165, 1.54) is 12.1 Å². The second-order valence-corrected chi connectivity index (χ2v) is 12.3. The molecule has 40 heavy (non-hydrogen) atoms. The minimum absolute atomic E-state index is 0.0735. The molecule has 1 heterocycles. The molecule has 2 saturated carbocycles. The van der Waals surface area contributed by atoms with Crippen LogP contribution in [0, 0.1) is 35.4 Å². The third kappa shape index (κ3) is 7.12. The van der Waals surface area contributed by atoms with Crippen LogP contribution >= 0.6 is 0 Å². The first-order valence-electron chi connectivity index (χ1n) is 15.1. The Labute approximate surface area is 237 Å². The van der Waals surface area contributed by atoms with Crippen molar-refractivity contribution in [1.29, 1.82) is 0 Å². The molecular weight excluding hydrogens is 513 g/mol. The van der Waals surface area contributed by atoms with E-state index in [2.05, 4.69) is 13.5 Å². The van der Waals surface area contributed by atoms with Gasteiger partial charge in [0.05, 0.1) is 19.1 Å². The molecule has 218 valence electrons. The highest BCUT2D eigenvalue weighted by Crippen LogP contribution is 2.46. The van der Waals surface area contributed by atoms with Crippen LogP contribution in [0.15, 0.2) is 55.1 Å². The number of hydrogen-bond acceptors (Lipinski definition) is 3. The molecule has 0 bridgehead atoms. The van der Waals surface area contributed by atoms with Gasteiger partial charge < -0.3 is 14.2 Å². The lowest BCUT2D eigenvalue weighted by atomic mass is 9.69. The van der Waals surface area contributed by atoms with Crippen molar-refractivity contribution in [1.82, 2.24) is 0 Å². The highest BCUT2D eigenvalue weighted by atomic mass is 19.3. The molecule has 0 spiro atoms. The Morgan fingerprint density at radius 2 is 1.48 bits per heavy atom. The minimum atomic E-state index is -3.32. The van der Waals surface area contributed by atoms with Crippen LogP contribution in [-0.4, -0.2) is 25.6 Å². The number of rotatable bonds is 9. The summed E-state index contributed by atoms with van der Waals surface area (Å²) in [7, 11) is 0. The van der Waals surface area contributed by atoms with Crippen molar-refractivity contribution in [2.24, 2.45) is 29.6 Å². The largest absolute Gasteiger partial charge is 0.432 e. The van der Waals surface area contributed by atoms with Crippen LogP contribution < -0.4 is 4.74 Å². The van der Waals surface area contributed by atoms with Crippen LogP contribution in [-0.2, 0) is 15.9 Å². The molecule has 2 aromatic carbocycles. The van der Waals surface area contributed by atoms with E-state index in [0.29, 0.717) is 47.6 Å². The minimum Gasteiger partial charge on any atom is -0.432 e. The fourth-order valence-corrected chi connectivity index (χ4v) is 6.86. The van der Waals surface area contributed by atoms with E-state index in [1.54, 1.807) is 0 Å². The lowest BCUT2D eigenvalue weighted by Crippen LogP contribution is -2.40. The summed E-state index contributed by atoms with van der Waals surface area (Å²) in [5, 5.41) is 0. The van der Waals surface area contributed by atoms with Gasteiger partial charge in [0.2, 0.25) is 0 Å². The first-order valence-corrected chi connectivity index (χ1v) is 15.1. The number of halogens is 3. The Hall–Kier alpha value is -2.31. The fourth-order valence-electron chi connectivity index (χ4n) is 6.86. The predicted octanol–water partition coefficient (Wildman–Crippen LogP) is 9.20. The van der Waals surface area contributed by atoms with Gasteiger partial charge in [-0.25, -0.2) is 4.39 Å². The summed E-state index contributed by atoms with van der Waals surface area (Å²) in [6, 6.07) is 11.7. The van der Waals surface area contributed by atoms with Gasteiger partial charge in [0.15, 0.2) is 6.29 Å². The number of ether oxygens (including phenoxy) is 3. The molecule has 0 unspecified atom stereocenters. The van der Waals surface area contributed by atoms with Crippen LogP contribution in [0.3, 0.4) is 0 Å². The average Bonchev–Trinajstić information content (AvgIpc) is 2.97. The van der Waals surface area contributed by atoms with E-state index in [4.69, 9.17) is 14.2 Å². The molecule has 1 aliphatic heterocycles. The zero-order chi connectivity index (χ0) is 28.1. The summed E-state index contributed by atoms with van der Waals surface area (Å²) in [5.41, 5.74) is 2.22. The first kappa shape index (κ1) is 29.2. The van der Waals surface area contributed by atoms with Gasteiger partial charge in [-0.05, 0) is 99.3 Å². The molecule has 3 fully saturated rings. The van der Waals surface area contributed by atoms with Crippen LogP contribution in [0.1, 0.15) is 70.3 Å². The summed E-state index contributed by atoms with van der Waals surface area (Å²) < 4.78 is 62.2. The van der Waals surface area contributed by atoms with Gasteiger partial charge in [-0.1, -0.05) is 37.3 Å². The summed E-state index contributed by atoms with van der Waals surface area (Å²) in [5.74, 6) is 0.441. The number of aryl methyl sites for hydroxylation is 1. The second-order valence-electron chi connectivity index (χ2n) is 12.3. The maximum atomic E-state index is 15.2. The number of hydrogen-bond donors (Lipinski definition) is 0. The van der Waals surface area contributed by atoms with E-state index in [9.17, 15) is 4.39 Å². The Bertz CT molecular complexity index is 1090. The van der Waals surface area contributed by atoms with E-state index >= 15 is 8.78 Å². The SMILES string of the molecule is C=CCCc1ccc(-c2ccc(OC(F)(F)C3CCC(C4CCC(C5OCC(C)CO5)CC4)CC3)cc2F)cc1. The Balaban J connectivity index is 1.10. The molecule has 3 nitrogen and oxygen atoms in total. The third-order valence-corrected chi connectivity index (χ3v) is 9.30. The van der Waals surface area contributed by atoms with E-state index in [-0.39, 0.29) is 12.0 Å². The second kappa shape index (κ2) is 13.1. The molecule has 3 aliphatic rings. The van der Waals surface area contributed by atoms with Gasteiger partial charge in [0.25, 0.3) is 0 Å². The third-order valence-electron chi connectivity index (χ3n) is 9.30. The van der Waals surface area contributed by atoms with Crippen molar-refractivity contribution in [2.45, 2.75) is 83.5 Å². The number of allylic oxidation sites excluding steroid dienone is 1. The molecule has 6 heteroatoms. The van der Waals surface area contributed by atoms with Crippen molar-refractivity contribution in [3.63, 3.8) is 0 Å². The zero-order valence-electron chi connectivity index (χ0n) is 23.6. The highest BCUT2D eigenvalue weighted by Gasteiger charge is 2.45. The van der Waals surface area contributed by atoms with E-state index in [0.717, 1.165) is 76.2 Å². The number of benzene rings is 2. The normalized spacial score (nSPS) is 29.6.